The molecular weight excluding hydrogens is 215 g/mol. The van der Waals surface area contributed by atoms with Crippen LogP contribution in [0.2, 0.25) is 5.02 Å². The van der Waals surface area contributed by atoms with Crippen LogP contribution in [0.25, 0.3) is 0 Å². The summed E-state index contributed by atoms with van der Waals surface area (Å²) >= 11 is 12.1. The molecule has 0 amide bonds. The lowest BCUT2D eigenvalue weighted by molar-refractivity contribution is 0.726. The molecule has 14 heavy (non-hydrogen) atoms. The molecule has 0 saturated carbocycles. The van der Waals surface area contributed by atoms with Crippen molar-refractivity contribution in [2.45, 2.75) is 38.5 Å². The van der Waals surface area contributed by atoms with Crippen molar-refractivity contribution in [3.8, 4) is 0 Å². The fourth-order valence-electron chi connectivity index (χ4n) is 1.50. The molecule has 0 spiro atoms. The Hall–Kier alpha value is -0.200. The van der Waals surface area contributed by atoms with Gasteiger partial charge in [-0.3, -0.25) is 0 Å². The van der Waals surface area contributed by atoms with E-state index in [1.54, 1.807) is 0 Å². The van der Waals surface area contributed by atoms with E-state index in [0.29, 0.717) is 0 Å². The molecule has 2 heteroatoms. The summed E-state index contributed by atoms with van der Waals surface area (Å²) in [4.78, 5) is 0. The number of rotatable bonds is 4. The van der Waals surface area contributed by atoms with Crippen LogP contribution in [0, 0.1) is 6.92 Å². The van der Waals surface area contributed by atoms with Gasteiger partial charge in [0.1, 0.15) is 0 Å². The number of halogens is 2. The largest absolute Gasteiger partial charge is 0.123 e. The SMILES string of the molecule is CCCC(Cl)Cc1ccc(Cl)c(C)c1. The lowest BCUT2D eigenvalue weighted by Gasteiger charge is -2.09. The van der Waals surface area contributed by atoms with Crippen molar-refractivity contribution in [1.29, 1.82) is 0 Å². The Kier molecular flexibility index (Phi) is 4.77. The Morgan fingerprint density at radius 3 is 2.64 bits per heavy atom. The van der Waals surface area contributed by atoms with E-state index in [0.717, 1.165) is 29.8 Å². The first-order chi connectivity index (χ1) is 6.63. The summed E-state index contributed by atoms with van der Waals surface area (Å²) in [7, 11) is 0. The molecule has 0 fully saturated rings. The molecule has 0 radical (unpaired) electrons. The predicted octanol–water partition coefficient (Wildman–Crippen LogP) is 4.60. The molecule has 1 atom stereocenters. The molecule has 0 bridgehead atoms. The van der Waals surface area contributed by atoms with E-state index in [1.165, 1.54) is 5.56 Å². The second-order valence-electron chi connectivity index (χ2n) is 3.67. The molecule has 0 aliphatic rings. The highest BCUT2D eigenvalue weighted by molar-refractivity contribution is 6.31. The molecule has 1 aromatic rings. The molecule has 1 aromatic carbocycles. The number of benzene rings is 1. The molecular formula is C12H16Cl2. The highest BCUT2D eigenvalue weighted by atomic mass is 35.5. The average molecular weight is 231 g/mol. The van der Waals surface area contributed by atoms with Crippen LogP contribution in [0.15, 0.2) is 18.2 Å². The molecule has 1 unspecified atom stereocenters. The quantitative estimate of drug-likeness (QED) is 0.664. The summed E-state index contributed by atoms with van der Waals surface area (Å²) in [6.45, 7) is 4.18. The van der Waals surface area contributed by atoms with Crippen molar-refractivity contribution in [2.24, 2.45) is 0 Å². The lowest BCUT2D eigenvalue weighted by atomic mass is 10.0. The Morgan fingerprint density at radius 1 is 1.36 bits per heavy atom. The number of hydrogen-bond acceptors (Lipinski definition) is 0. The zero-order valence-electron chi connectivity index (χ0n) is 8.69. The third kappa shape index (κ3) is 3.51. The van der Waals surface area contributed by atoms with Crippen LogP contribution in [0.4, 0.5) is 0 Å². The third-order valence-corrected chi connectivity index (χ3v) is 3.08. The van der Waals surface area contributed by atoms with Gasteiger partial charge in [0.2, 0.25) is 0 Å². The average Bonchev–Trinajstić information content (AvgIpc) is 2.12. The van der Waals surface area contributed by atoms with E-state index >= 15 is 0 Å². The topological polar surface area (TPSA) is 0 Å². The smallest absolute Gasteiger partial charge is 0.0435 e. The molecule has 0 heterocycles. The van der Waals surface area contributed by atoms with Crippen molar-refractivity contribution < 1.29 is 0 Å². The molecule has 0 nitrogen and oxygen atoms in total. The normalized spacial score (nSPS) is 12.9. The van der Waals surface area contributed by atoms with E-state index < -0.39 is 0 Å². The van der Waals surface area contributed by atoms with Gasteiger partial charge in [0.15, 0.2) is 0 Å². The van der Waals surface area contributed by atoms with Crippen LogP contribution in [-0.4, -0.2) is 5.38 Å². The Labute approximate surface area is 96.2 Å². The number of aryl methyl sites for hydroxylation is 1. The molecule has 0 N–H and O–H groups in total. The van der Waals surface area contributed by atoms with Crippen molar-refractivity contribution in [2.75, 3.05) is 0 Å². The molecule has 78 valence electrons. The van der Waals surface area contributed by atoms with Gasteiger partial charge in [0, 0.05) is 10.4 Å². The first kappa shape index (κ1) is 11.9. The van der Waals surface area contributed by atoms with Crippen LogP contribution in [0.5, 0.6) is 0 Å². The van der Waals surface area contributed by atoms with E-state index in [-0.39, 0.29) is 5.38 Å². The Morgan fingerprint density at radius 2 is 2.07 bits per heavy atom. The van der Waals surface area contributed by atoms with Crippen LogP contribution >= 0.6 is 23.2 Å². The number of hydrogen-bond donors (Lipinski definition) is 0. The van der Waals surface area contributed by atoms with Crippen LogP contribution in [0.1, 0.15) is 30.9 Å². The van der Waals surface area contributed by atoms with Gasteiger partial charge in [-0.25, -0.2) is 0 Å². The van der Waals surface area contributed by atoms with E-state index in [9.17, 15) is 0 Å². The van der Waals surface area contributed by atoms with Crippen molar-refractivity contribution in [3.63, 3.8) is 0 Å². The molecule has 0 aliphatic heterocycles. The van der Waals surface area contributed by atoms with Gasteiger partial charge in [0.05, 0.1) is 0 Å². The first-order valence-corrected chi connectivity index (χ1v) is 5.84. The van der Waals surface area contributed by atoms with E-state index in [2.05, 4.69) is 19.1 Å². The van der Waals surface area contributed by atoms with Gasteiger partial charge in [-0.2, -0.15) is 0 Å². The van der Waals surface area contributed by atoms with Gasteiger partial charge in [-0.1, -0.05) is 37.1 Å². The van der Waals surface area contributed by atoms with Gasteiger partial charge in [-0.15, -0.1) is 11.6 Å². The van der Waals surface area contributed by atoms with Crippen molar-refractivity contribution >= 4 is 23.2 Å². The highest BCUT2D eigenvalue weighted by Crippen LogP contribution is 2.19. The summed E-state index contributed by atoms with van der Waals surface area (Å²) in [5, 5.41) is 1.08. The minimum Gasteiger partial charge on any atom is -0.123 e. The van der Waals surface area contributed by atoms with Gasteiger partial charge >= 0.3 is 0 Å². The summed E-state index contributed by atoms with van der Waals surface area (Å²) in [5.74, 6) is 0. The lowest BCUT2D eigenvalue weighted by Crippen LogP contribution is -2.02. The summed E-state index contributed by atoms with van der Waals surface area (Å²) in [5.41, 5.74) is 2.41. The van der Waals surface area contributed by atoms with Crippen LogP contribution in [-0.2, 0) is 6.42 Å². The first-order valence-electron chi connectivity index (χ1n) is 5.02. The molecule has 0 aromatic heterocycles. The predicted molar refractivity (Wildman–Crippen MR) is 64.4 cm³/mol. The van der Waals surface area contributed by atoms with E-state index in [4.69, 9.17) is 23.2 Å². The zero-order valence-corrected chi connectivity index (χ0v) is 10.2. The van der Waals surface area contributed by atoms with Crippen LogP contribution < -0.4 is 0 Å². The summed E-state index contributed by atoms with van der Waals surface area (Å²) in [6, 6.07) is 6.12. The van der Waals surface area contributed by atoms with Crippen molar-refractivity contribution in [1.82, 2.24) is 0 Å². The maximum atomic E-state index is 6.17. The summed E-state index contributed by atoms with van der Waals surface area (Å²) in [6.07, 6.45) is 3.15. The molecule has 0 aliphatic carbocycles. The highest BCUT2D eigenvalue weighted by Gasteiger charge is 2.05. The minimum atomic E-state index is 0.251. The monoisotopic (exact) mass is 230 g/mol. The zero-order chi connectivity index (χ0) is 10.6. The van der Waals surface area contributed by atoms with Gasteiger partial charge in [0.25, 0.3) is 0 Å². The standard InChI is InChI=1S/C12H16Cl2/c1-3-4-11(13)8-10-5-6-12(14)9(2)7-10/h5-7,11H,3-4,8H2,1-2H3. The Balaban J connectivity index is 2.63. The maximum absolute atomic E-state index is 6.17. The molecule has 0 saturated heterocycles. The maximum Gasteiger partial charge on any atom is 0.0435 e. The van der Waals surface area contributed by atoms with Gasteiger partial charge < -0.3 is 0 Å². The fourth-order valence-corrected chi connectivity index (χ4v) is 2.02. The number of alkyl halides is 1. The van der Waals surface area contributed by atoms with E-state index in [1.807, 2.05) is 13.0 Å². The second kappa shape index (κ2) is 5.63. The van der Waals surface area contributed by atoms with Crippen molar-refractivity contribution in [3.05, 3.63) is 34.3 Å². The second-order valence-corrected chi connectivity index (χ2v) is 4.70. The van der Waals surface area contributed by atoms with Gasteiger partial charge in [-0.05, 0) is 37.0 Å². The molecule has 1 rings (SSSR count). The fraction of sp³-hybridized carbons (Fsp3) is 0.500. The third-order valence-electron chi connectivity index (χ3n) is 2.28. The Bertz CT molecular complexity index is 294. The van der Waals surface area contributed by atoms with Crippen LogP contribution in [0.3, 0.4) is 0 Å². The summed E-state index contributed by atoms with van der Waals surface area (Å²) < 4.78 is 0. The minimum absolute atomic E-state index is 0.251.